The number of hydrogen-bond acceptors (Lipinski definition) is 3. The van der Waals surface area contributed by atoms with Crippen molar-refractivity contribution < 1.29 is 13.2 Å². The molecule has 25 heavy (non-hydrogen) atoms. The molecule has 134 valence electrons. The first-order valence-electron chi connectivity index (χ1n) is 8.23. The lowest BCUT2D eigenvalue weighted by Crippen LogP contribution is -2.22. The second-order valence-corrected chi connectivity index (χ2v) is 8.18. The van der Waals surface area contributed by atoms with Crippen LogP contribution in [0, 0.1) is 0 Å². The number of hydrogen-bond donors (Lipinski definition) is 1. The Morgan fingerprint density at radius 2 is 1.52 bits per heavy atom. The molecule has 0 unspecified atom stereocenters. The lowest BCUT2D eigenvalue weighted by Gasteiger charge is -2.11. The molecule has 0 aliphatic carbocycles. The SMILES string of the molecule is CCc1ccc(NC(=O)CCc2ccc(S(=O)(=O)N(C)C)cc2)cc1. The van der Waals surface area contributed by atoms with Crippen molar-refractivity contribution in [2.24, 2.45) is 0 Å². The zero-order chi connectivity index (χ0) is 18.4. The Labute approximate surface area is 149 Å². The minimum atomic E-state index is -3.42. The van der Waals surface area contributed by atoms with Crippen molar-refractivity contribution in [2.75, 3.05) is 19.4 Å². The molecule has 0 spiro atoms. The van der Waals surface area contributed by atoms with Crippen LogP contribution in [0.1, 0.15) is 24.5 Å². The fraction of sp³-hybridized carbons (Fsp3) is 0.316. The number of sulfonamides is 1. The molecule has 1 amide bonds. The predicted octanol–water partition coefficient (Wildman–Crippen LogP) is 3.07. The maximum atomic E-state index is 12.0. The van der Waals surface area contributed by atoms with Gasteiger partial charge in [0.15, 0.2) is 0 Å². The smallest absolute Gasteiger partial charge is 0.242 e. The number of nitrogens with one attached hydrogen (secondary N) is 1. The van der Waals surface area contributed by atoms with E-state index in [0.717, 1.165) is 17.7 Å². The van der Waals surface area contributed by atoms with Crippen molar-refractivity contribution in [1.82, 2.24) is 4.31 Å². The van der Waals surface area contributed by atoms with Gasteiger partial charge in [0.1, 0.15) is 0 Å². The zero-order valence-corrected chi connectivity index (χ0v) is 15.6. The summed E-state index contributed by atoms with van der Waals surface area (Å²) in [6, 6.07) is 14.5. The minimum Gasteiger partial charge on any atom is -0.326 e. The van der Waals surface area contributed by atoms with Gasteiger partial charge in [0.05, 0.1) is 4.90 Å². The molecule has 0 bridgehead atoms. The van der Waals surface area contributed by atoms with E-state index in [1.54, 1.807) is 24.3 Å². The van der Waals surface area contributed by atoms with E-state index in [1.807, 2.05) is 24.3 Å². The van der Waals surface area contributed by atoms with Crippen LogP contribution in [-0.4, -0.2) is 32.7 Å². The Balaban J connectivity index is 1.91. The topological polar surface area (TPSA) is 66.5 Å². The van der Waals surface area contributed by atoms with Crippen LogP contribution in [0.3, 0.4) is 0 Å². The summed E-state index contributed by atoms with van der Waals surface area (Å²) in [5, 5.41) is 2.87. The van der Waals surface area contributed by atoms with Crippen molar-refractivity contribution in [3.8, 4) is 0 Å². The quantitative estimate of drug-likeness (QED) is 0.825. The number of rotatable bonds is 7. The van der Waals surface area contributed by atoms with E-state index in [2.05, 4.69) is 12.2 Å². The molecule has 0 heterocycles. The molecular formula is C19H24N2O3S. The third-order valence-corrected chi connectivity index (χ3v) is 5.82. The largest absolute Gasteiger partial charge is 0.326 e. The molecule has 0 aliphatic heterocycles. The van der Waals surface area contributed by atoms with Gasteiger partial charge in [-0.1, -0.05) is 31.2 Å². The van der Waals surface area contributed by atoms with Gasteiger partial charge in [-0.2, -0.15) is 0 Å². The second-order valence-electron chi connectivity index (χ2n) is 6.03. The summed E-state index contributed by atoms with van der Waals surface area (Å²) in [5.74, 6) is -0.0609. The second kappa shape index (κ2) is 8.27. The van der Waals surface area contributed by atoms with Gasteiger partial charge >= 0.3 is 0 Å². The number of anilines is 1. The maximum absolute atomic E-state index is 12.0. The molecule has 0 aliphatic rings. The van der Waals surface area contributed by atoms with E-state index >= 15 is 0 Å². The maximum Gasteiger partial charge on any atom is 0.242 e. The summed E-state index contributed by atoms with van der Waals surface area (Å²) in [7, 11) is -0.416. The number of aryl methyl sites for hydroxylation is 2. The molecule has 2 rings (SSSR count). The third-order valence-electron chi connectivity index (χ3n) is 3.99. The number of amides is 1. The van der Waals surface area contributed by atoms with Gasteiger partial charge in [-0.25, -0.2) is 12.7 Å². The summed E-state index contributed by atoms with van der Waals surface area (Å²) < 4.78 is 25.2. The molecule has 0 radical (unpaired) electrons. The molecule has 1 N–H and O–H groups in total. The highest BCUT2D eigenvalue weighted by Crippen LogP contribution is 2.15. The van der Waals surface area contributed by atoms with Crippen LogP contribution >= 0.6 is 0 Å². The highest BCUT2D eigenvalue weighted by molar-refractivity contribution is 7.89. The number of carbonyl (C=O) groups excluding carboxylic acids is 1. The number of benzene rings is 2. The predicted molar refractivity (Wildman–Crippen MR) is 100 cm³/mol. The monoisotopic (exact) mass is 360 g/mol. The summed E-state index contributed by atoms with van der Waals surface area (Å²) in [4.78, 5) is 12.3. The van der Waals surface area contributed by atoms with Crippen molar-refractivity contribution in [3.05, 3.63) is 59.7 Å². The fourth-order valence-corrected chi connectivity index (χ4v) is 3.25. The highest BCUT2D eigenvalue weighted by Gasteiger charge is 2.16. The molecule has 0 fully saturated rings. The summed E-state index contributed by atoms with van der Waals surface area (Å²) in [5.41, 5.74) is 2.94. The lowest BCUT2D eigenvalue weighted by molar-refractivity contribution is -0.116. The van der Waals surface area contributed by atoms with Crippen LogP contribution in [-0.2, 0) is 27.7 Å². The number of carbonyl (C=O) groups is 1. The van der Waals surface area contributed by atoms with Crippen LogP contribution in [0.4, 0.5) is 5.69 Å². The molecule has 0 aromatic heterocycles. The Morgan fingerprint density at radius 1 is 0.960 bits per heavy atom. The molecular weight excluding hydrogens is 336 g/mol. The standard InChI is InChI=1S/C19H24N2O3S/c1-4-15-5-10-17(11-6-15)20-19(22)14-9-16-7-12-18(13-8-16)25(23,24)21(2)3/h5-8,10-13H,4,9,14H2,1-3H3,(H,20,22). The number of nitrogens with zero attached hydrogens (tertiary/aromatic N) is 1. The Bertz CT molecular complexity index is 811. The molecule has 2 aromatic carbocycles. The summed E-state index contributed by atoms with van der Waals surface area (Å²) in [6.07, 6.45) is 1.87. The van der Waals surface area contributed by atoms with E-state index in [1.165, 1.54) is 24.0 Å². The van der Waals surface area contributed by atoms with E-state index in [0.29, 0.717) is 12.8 Å². The van der Waals surface area contributed by atoms with Gasteiger partial charge in [-0.05, 0) is 48.2 Å². The van der Waals surface area contributed by atoms with Gasteiger partial charge in [0.25, 0.3) is 0 Å². The van der Waals surface area contributed by atoms with Gasteiger partial charge in [0.2, 0.25) is 15.9 Å². The van der Waals surface area contributed by atoms with Crippen LogP contribution in [0.5, 0.6) is 0 Å². The van der Waals surface area contributed by atoms with Gasteiger partial charge in [0, 0.05) is 26.2 Å². The van der Waals surface area contributed by atoms with Gasteiger partial charge < -0.3 is 5.32 Å². The van der Waals surface area contributed by atoms with Crippen molar-refractivity contribution in [1.29, 1.82) is 0 Å². The van der Waals surface area contributed by atoms with Crippen LogP contribution in [0.15, 0.2) is 53.4 Å². The lowest BCUT2D eigenvalue weighted by atomic mass is 10.1. The van der Waals surface area contributed by atoms with E-state index in [9.17, 15) is 13.2 Å². The van der Waals surface area contributed by atoms with Gasteiger partial charge in [-0.15, -0.1) is 0 Å². The molecule has 5 nitrogen and oxygen atoms in total. The van der Waals surface area contributed by atoms with E-state index < -0.39 is 10.0 Å². The third kappa shape index (κ3) is 5.14. The fourth-order valence-electron chi connectivity index (χ4n) is 2.34. The highest BCUT2D eigenvalue weighted by atomic mass is 32.2. The zero-order valence-electron chi connectivity index (χ0n) is 14.8. The van der Waals surface area contributed by atoms with Crippen molar-refractivity contribution >= 4 is 21.6 Å². The Hall–Kier alpha value is -2.18. The van der Waals surface area contributed by atoms with E-state index in [-0.39, 0.29) is 10.8 Å². The first kappa shape index (κ1) is 19.1. The average molecular weight is 360 g/mol. The summed E-state index contributed by atoms with van der Waals surface area (Å²) >= 11 is 0. The Kier molecular flexibility index (Phi) is 6.33. The minimum absolute atomic E-state index is 0.0609. The van der Waals surface area contributed by atoms with Crippen molar-refractivity contribution in [2.45, 2.75) is 31.1 Å². The molecule has 0 saturated carbocycles. The average Bonchev–Trinajstić information content (AvgIpc) is 2.61. The first-order chi connectivity index (χ1) is 11.8. The van der Waals surface area contributed by atoms with Crippen LogP contribution < -0.4 is 5.32 Å². The Morgan fingerprint density at radius 3 is 2.04 bits per heavy atom. The molecule has 0 atom stereocenters. The molecule has 2 aromatic rings. The molecule has 0 saturated heterocycles. The molecule has 6 heteroatoms. The van der Waals surface area contributed by atoms with Gasteiger partial charge in [-0.3, -0.25) is 4.79 Å². The first-order valence-corrected chi connectivity index (χ1v) is 9.67. The van der Waals surface area contributed by atoms with E-state index in [4.69, 9.17) is 0 Å². The van der Waals surface area contributed by atoms with Crippen LogP contribution in [0.25, 0.3) is 0 Å². The van der Waals surface area contributed by atoms with Crippen molar-refractivity contribution in [3.63, 3.8) is 0 Å². The summed E-state index contributed by atoms with van der Waals surface area (Å²) in [6.45, 7) is 2.09. The van der Waals surface area contributed by atoms with Crippen LogP contribution in [0.2, 0.25) is 0 Å². The normalized spacial score (nSPS) is 11.5.